The van der Waals surface area contributed by atoms with Gasteiger partial charge < -0.3 is 10.3 Å². The molecular formula is C10H15N5. The SMILES string of the molecule is c1cnn(CCCNCc2ncc[nH]2)c1. The Bertz CT molecular complexity index is 315. The summed E-state index contributed by atoms with van der Waals surface area (Å²) in [5.41, 5.74) is 0. The highest BCUT2D eigenvalue weighted by molar-refractivity contribution is 4.85. The van der Waals surface area contributed by atoms with Gasteiger partial charge >= 0.3 is 0 Å². The van der Waals surface area contributed by atoms with Crippen molar-refractivity contribution in [2.24, 2.45) is 0 Å². The molecule has 0 atom stereocenters. The van der Waals surface area contributed by atoms with E-state index >= 15 is 0 Å². The van der Waals surface area contributed by atoms with Crippen molar-refractivity contribution in [2.45, 2.75) is 19.5 Å². The van der Waals surface area contributed by atoms with Crippen LogP contribution in [-0.2, 0) is 13.1 Å². The predicted octanol–water partition coefficient (Wildman–Crippen LogP) is 0.786. The highest BCUT2D eigenvalue weighted by atomic mass is 15.3. The third-order valence-corrected chi connectivity index (χ3v) is 2.15. The summed E-state index contributed by atoms with van der Waals surface area (Å²) in [5.74, 6) is 0.981. The molecule has 0 amide bonds. The highest BCUT2D eigenvalue weighted by Crippen LogP contribution is 1.90. The Balaban J connectivity index is 1.56. The first kappa shape index (κ1) is 9.92. The Morgan fingerprint density at radius 1 is 1.40 bits per heavy atom. The number of hydrogen-bond donors (Lipinski definition) is 2. The molecule has 0 aliphatic carbocycles. The Morgan fingerprint density at radius 3 is 3.13 bits per heavy atom. The van der Waals surface area contributed by atoms with Crippen LogP contribution >= 0.6 is 0 Å². The fraction of sp³-hybridized carbons (Fsp3) is 0.400. The normalized spacial score (nSPS) is 10.7. The smallest absolute Gasteiger partial charge is 0.120 e. The van der Waals surface area contributed by atoms with Crippen LogP contribution in [0.3, 0.4) is 0 Å². The second kappa shape index (κ2) is 5.31. The molecule has 0 saturated heterocycles. The third kappa shape index (κ3) is 3.21. The van der Waals surface area contributed by atoms with E-state index in [9.17, 15) is 0 Å². The molecule has 2 aromatic rings. The molecule has 0 radical (unpaired) electrons. The summed E-state index contributed by atoms with van der Waals surface area (Å²) < 4.78 is 1.94. The van der Waals surface area contributed by atoms with E-state index in [4.69, 9.17) is 0 Å². The fourth-order valence-electron chi connectivity index (χ4n) is 1.40. The molecule has 0 unspecified atom stereocenters. The molecule has 2 aromatic heterocycles. The van der Waals surface area contributed by atoms with Gasteiger partial charge in [0.05, 0.1) is 6.54 Å². The number of aryl methyl sites for hydroxylation is 1. The number of nitrogens with zero attached hydrogens (tertiary/aromatic N) is 3. The lowest BCUT2D eigenvalue weighted by Gasteiger charge is -2.03. The summed E-state index contributed by atoms with van der Waals surface area (Å²) in [6.45, 7) is 2.73. The zero-order chi connectivity index (χ0) is 10.3. The van der Waals surface area contributed by atoms with Crippen molar-refractivity contribution in [1.82, 2.24) is 25.1 Å². The van der Waals surface area contributed by atoms with Gasteiger partial charge in [0.2, 0.25) is 0 Å². The van der Waals surface area contributed by atoms with Crippen LogP contribution in [-0.4, -0.2) is 26.3 Å². The molecule has 80 valence electrons. The van der Waals surface area contributed by atoms with Crippen LogP contribution in [0.25, 0.3) is 0 Å². The van der Waals surface area contributed by atoms with Gasteiger partial charge in [-0.1, -0.05) is 0 Å². The molecular weight excluding hydrogens is 190 g/mol. The first-order valence-corrected chi connectivity index (χ1v) is 5.11. The second-order valence-corrected chi connectivity index (χ2v) is 3.34. The van der Waals surface area contributed by atoms with Gasteiger partial charge in [0.15, 0.2) is 0 Å². The van der Waals surface area contributed by atoms with Crippen LogP contribution in [0.15, 0.2) is 30.9 Å². The van der Waals surface area contributed by atoms with E-state index in [1.807, 2.05) is 23.1 Å². The highest BCUT2D eigenvalue weighted by Gasteiger charge is 1.94. The summed E-state index contributed by atoms with van der Waals surface area (Å²) >= 11 is 0. The van der Waals surface area contributed by atoms with Crippen molar-refractivity contribution in [3.05, 3.63) is 36.7 Å². The molecule has 2 heterocycles. The molecule has 2 N–H and O–H groups in total. The van der Waals surface area contributed by atoms with Gasteiger partial charge in [-0.25, -0.2) is 4.98 Å². The zero-order valence-electron chi connectivity index (χ0n) is 8.56. The van der Waals surface area contributed by atoms with E-state index in [1.165, 1.54) is 0 Å². The number of aromatic amines is 1. The van der Waals surface area contributed by atoms with Crippen molar-refractivity contribution >= 4 is 0 Å². The summed E-state index contributed by atoms with van der Waals surface area (Å²) in [7, 11) is 0. The zero-order valence-corrected chi connectivity index (χ0v) is 8.56. The minimum atomic E-state index is 0.798. The summed E-state index contributed by atoms with van der Waals surface area (Å²) in [6, 6.07) is 1.94. The molecule has 5 nitrogen and oxygen atoms in total. The van der Waals surface area contributed by atoms with E-state index in [2.05, 4.69) is 20.4 Å². The predicted molar refractivity (Wildman–Crippen MR) is 57.1 cm³/mol. The summed E-state index contributed by atoms with van der Waals surface area (Å²) in [4.78, 5) is 7.18. The van der Waals surface area contributed by atoms with E-state index in [0.717, 1.165) is 31.9 Å². The van der Waals surface area contributed by atoms with Gasteiger partial charge in [0.25, 0.3) is 0 Å². The molecule has 0 fully saturated rings. The summed E-state index contributed by atoms with van der Waals surface area (Å²) in [6.07, 6.45) is 8.45. The number of aromatic nitrogens is 4. The van der Waals surface area contributed by atoms with Crippen LogP contribution in [0.4, 0.5) is 0 Å². The van der Waals surface area contributed by atoms with Crippen LogP contribution in [0.5, 0.6) is 0 Å². The molecule has 0 spiro atoms. The lowest BCUT2D eigenvalue weighted by molar-refractivity contribution is 0.539. The number of hydrogen-bond acceptors (Lipinski definition) is 3. The van der Waals surface area contributed by atoms with Crippen molar-refractivity contribution in [3.8, 4) is 0 Å². The standard InChI is InChI=1S/C10H15N5/c1(7-15-8-2-4-14-15)3-11-9-10-12-5-6-13-10/h2,4-6,8,11H,1,3,7,9H2,(H,12,13). The molecule has 5 heteroatoms. The minimum absolute atomic E-state index is 0.798. The Kier molecular flexibility index (Phi) is 3.51. The molecule has 0 aromatic carbocycles. The van der Waals surface area contributed by atoms with Crippen LogP contribution < -0.4 is 5.32 Å². The van der Waals surface area contributed by atoms with Gasteiger partial charge in [-0.05, 0) is 19.0 Å². The number of rotatable bonds is 6. The molecule has 15 heavy (non-hydrogen) atoms. The summed E-state index contributed by atoms with van der Waals surface area (Å²) in [5, 5.41) is 7.45. The number of imidazole rings is 1. The molecule has 0 saturated carbocycles. The minimum Gasteiger partial charge on any atom is -0.348 e. The maximum Gasteiger partial charge on any atom is 0.120 e. The third-order valence-electron chi connectivity index (χ3n) is 2.15. The lowest BCUT2D eigenvalue weighted by Crippen LogP contribution is -2.17. The lowest BCUT2D eigenvalue weighted by atomic mass is 10.4. The van der Waals surface area contributed by atoms with E-state index in [-0.39, 0.29) is 0 Å². The van der Waals surface area contributed by atoms with E-state index in [1.54, 1.807) is 12.4 Å². The first-order valence-electron chi connectivity index (χ1n) is 5.11. The fourth-order valence-corrected chi connectivity index (χ4v) is 1.40. The van der Waals surface area contributed by atoms with Crippen LogP contribution in [0.2, 0.25) is 0 Å². The van der Waals surface area contributed by atoms with Gasteiger partial charge in [0.1, 0.15) is 5.82 Å². The van der Waals surface area contributed by atoms with Crippen molar-refractivity contribution in [1.29, 1.82) is 0 Å². The van der Waals surface area contributed by atoms with Crippen molar-refractivity contribution < 1.29 is 0 Å². The number of nitrogens with one attached hydrogen (secondary N) is 2. The first-order chi connectivity index (χ1) is 7.45. The maximum atomic E-state index is 4.13. The largest absolute Gasteiger partial charge is 0.348 e. The van der Waals surface area contributed by atoms with Gasteiger partial charge in [-0.2, -0.15) is 5.10 Å². The Morgan fingerprint density at radius 2 is 2.40 bits per heavy atom. The van der Waals surface area contributed by atoms with Crippen LogP contribution in [0.1, 0.15) is 12.2 Å². The van der Waals surface area contributed by atoms with Crippen LogP contribution in [0, 0.1) is 0 Å². The number of H-pyrrole nitrogens is 1. The second-order valence-electron chi connectivity index (χ2n) is 3.34. The van der Waals surface area contributed by atoms with Gasteiger partial charge in [-0.3, -0.25) is 4.68 Å². The van der Waals surface area contributed by atoms with Gasteiger partial charge in [0, 0.05) is 31.3 Å². The molecule has 0 aliphatic heterocycles. The Labute approximate surface area is 88.5 Å². The Hall–Kier alpha value is -1.62. The molecule has 0 bridgehead atoms. The van der Waals surface area contributed by atoms with Gasteiger partial charge in [-0.15, -0.1) is 0 Å². The van der Waals surface area contributed by atoms with E-state index in [0.29, 0.717) is 0 Å². The average Bonchev–Trinajstić information content (AvgIpc) is 2.88. The monoisotopic (exact) mass is 205 g/mol. The maximum absolute atomic E-state index is 4.13. The quantitative estimate of drug-likeness (QED) is 0.685. The topological polar surface area (TPSA) is 58.5 Å². The molecule has 0 aliphatic rings. The van der Waals surface area contributed by atoms with E-state index < -0.39 is 0 Å². The average molecular weight is 205 g/mol. The van der Waals surface area contributed by atoms with Crippen molar-refractivity contribution in [2.75, 3.05) is 6.54 Å². The van der Waals surface area contributed by atoms with Crippen molar-refractivity contribution in [3.63, 3.8) is 0 Å². The molecule has 2 rings (SSSR count).